The van der Waals surface area contributed by atoms with Gasteiger partial charge in [-0.3, -0.25) is 10.1 Å². The highest BCUT2D eigenvalue weighted by molar-refractivity contribution is 5.77. The molecule has 0 spiro atoms. The van der Waals surface area contributed by atoms with E-state index in [1.807, 2.05) is 13.8 Å². The Morgan fingerprint density at radius 3 is 2.83 bits per heavy atom. The molecule has 1 aromatic carbocycles. The molecule has 96 valence electrons. The average molecular weight is 249 g/mol. The summed E-state index contributed by atoms with van der Waals surface area (Å²) in [5.41, 5.74) is 0.901. The lowest BCUT2D eigenvalue weighted by Crippen LogP contribution is -2.29. The topological polar surface area (TPSA) is 81.2 Å². The monoisotopic (exact) mass is 249 g/mol. The van der Waals surface area contributed by atoms with Gasteiger partial charge in [-0.25, -0.2) is 0 Å². The van der Waals surface area contributed by atoms with E-state index >= 15 is 0 Å². The van der Waals surface area contributed by atoms with Crippen molar-refractivity contribution < 1.29 is 9.34 Å². The van der Waals surface area contributed by atoms with Crippen molar-refractivity contribution in [2.45, 2.75) is 32.7 Å². The van der Waals surface area contributed by atoms with E-state index in [-0.39, 0.29) is 11.2 Å². The molecule has 0 radical (unpaired) electrons. The number of nitrogens with zero attached hydrogens (tertiary/aromatic N) is 2. The Morgan fingerprint density at radius 1 is 1.50 bits per heavy atom. The second kappa shape index (κ2) is 4.29. The summed E-state index contributed by atoms with van der Waals surface area (Å²) in [6.45, 7) is 6.12. The molecule has 1 N–H and O–H groups in total. The van der Waals surface area contributed by atoms with E-state index in [0.717, 1.165) is 6.42 Å². The first kappa shape index (κ1) is 12.3. The zero-order chi connectivity index (χ0) is 13.3. The third kappa shape index (κ3) is 2.42. The van der Waals surface area contributed by atoms with Crippen LogP contribution in [0.25, 0.3) is 11.1 Å². The van der Waals surface area contributed by atoms with E-state index in [0.29, 0.717) is 17.1 Å². The van der Waals surface area contributed by atoms with Crippen LogP contribution in [0.5, 0.6) is 0 Å². The van der Waals surface area contributed by atoms with Crippen molar-refractivity contribution in [3.8, 4) is 0 Å². The molecule has 1 aromatic heterocycles. The summed E-state index contributed by atoms with van der Waals surface area (Å²) >= 11 is 0. The lowest BCUT2D eigenvalue weighted by atomic mass is 10.0. The molecule has 0 aliphatic rings. The Labute approximate surface area is 104 Å². The van der Waals surface area contributed by atoms with Gasteiger partial charge in [0.2, 0.25) is 0 Å². The van der Waals surface area contributed by atoms with Gasteiger partial charge in [0, 0.05) is 17.7 Å². The number of hydrogen-bond acceptors (Lipinski definition) is 5. The number of oxazole rings is 1. The smallest absolute Gasteiger partial charge is 0.296 e. The second-order valence-electron chi connectivity index (χ2n) is 4.79. The predicted octanol–water partition coefficient (Wildman–Crippen LogP) is 3.34. The summed E-state index contributed by atoms with van der Waals surface area (Å²) in [7, 11) is 0. The molecule has 0 bridgehead atoms. The van der Waals surface area contributed by atoms with Crippen LogP contribution < -0.4 is 5.32 Å². The molecular formula is C12H15N3O3. The van der Waals surface area contributed by atoms with Gasteiger partial charge in [-0.15, -0.1) is 0 Å². The minimum absolute atomic E-state index is 0.0112. The summed E-state index contributed by atoms with van der Waals surface area (Å²) in [5.74, 6) is 0. The molecule has 0 fully saturated rings. The van der Waals surface area contributed by atoms with Crippen LogP contribution in [0.15, 0.2) is 22.6 Å². The van der Waals surface area contributed by atoms with Crippen molar-refractivity contribution >= 4 is 22.8 Å². The fourth-order valence-corrected chi connectivity index (χ4v) is 1.46. The zero-order valence-electron chi connectivity index (χ0n) is 10.6. The highest BCUT2D eigenvalue weighted by Gasteiger charge is 2.18. The minimum Gasteiger partial charge on any atom is -0.424 e. The van der Waals surface area contributed by atoms with Gasteiger partial charge >= 0.3 is 0 Å². The van der Waals surface area contributed by atoms with Gasteiger partial charge in [-0.2, -0.15) is 4.98 Å². The molecule has 0 amide bonds. The summed E-state index contributed by atoms with van der Waals surface area (Å²) in [6, 6.07) is 4.76. The first-order valence-electron chi connectivity index (χ1n) is 5.74. The number of fused-ring (bicyclic) bond motifs is 1. The highest BCUT2D eigenvalue weighted by Crippen LogP contribution is 2.25. The normalized spacial score (nSPS) is 11.7. The fraction of sp³-hybridized carbons (Fsp3) is 0.417. The molecule has 2 rings (SSSR count). The van der Waals surface area contributed by atoms with Gasteiger partial charge in [-0.1, -0.05) is 6.92 Å². The molecule has 0 atom stereocenters. The standard InChI is InChI=1S/C12H15N3O3/c1-4-12(2,3)14-11-13-9-7-8(15(16)17)5-6-10(9)18-11/h5-7H,4H2,1-3H3,(H,13,14). The quantitative estimate of drug-likeness (QED) is 0.663. The van der Waals surface area contributed by atoms with Crippen LogP contribution in [0, 0.1) is 10.1 Å². The molecule has 6 heteroatoms. The molecule has 2 aromatic rings. The van der Waals surface area contributed by atoms with Crippen molar-refractivity contribution in [3.63, 3.8) is 0 Å². The van der Waals surface area contributed by atoms with Gasteiger partial charge in [0.15, 0.2) is 5.58 Å². The third-order valence-electron chi connectivity index (χ3n) is 2.91. The fourth-order valence-electron chi connectivity index (χ4n) is 1.46. The van der Waals surface area contributed by atoms with Crippen LogP contribution in [0.4, 0.5) is 11.7 Å². The van der Waals surface area contributed by atoms with Gasteiger partial charge in [0.25, 0.3) is 11.7 Å². The lowest BCUT2D eigenvalue weighted by molar-refractivity contribution is -0.384. The van der Waals surface area contributed by atoms with Crippen LogP contribution >= 0.6 is 0 Å². The molecule has 0 saturated carbocycles. The van der Waals surface area contributed by atoms with Crippen molar-refractivity contribution in [2.24, 2.45) is 0 Å². The number of hydrogen-bond donors (Lipinski definition) is 1. The van der Waals surface area contributed by atoms with Crippen LogP contribution in [0.1, 0.15) is 27.2 Å². The summed E-state index contributed by atoms with van der Waals surface area (Å²) in [5, 5.41) is 13.8. The van der Waals surface area contributed by atoms with E-state index in [4.69, 9.17) is 4.42 Å². The van der Waals surface area contributed by atoms with E-state index < -0.39 is 4.92 Å². The average Bonchev–Trinajstić information content (AvgIpc) is 2.68. The first-order valence-corrected chi connectivity index (χ1v) is 5.74. The van der Waals surface area contributed by atoms with Crippen LogP contribution in [0.2, 0.25) is 0 Å². The van der Waals surface area contributed by atoms with E-state index in [2.05, 4.69) is 17.2 Å². The molecular weight excluding hydrogens is 234 g/mol. The number of nitrogens with one attached hydrogen (secondary N) is 1. The van der Waals surface area contributed by atoms with Gasteiger partial charge in [-0.05, 0) is 26.3 Å². The van der Waals surface area contributed by atoms with E-state index in [1.54, 1.807) is 6.07 Å². The van der Waals surface area contributed by atoms with Crippen LogP contribution in [-0.4, -0.2) is 15.4 Å². The van der Waals surface area contributed by atoms with Crippen molar-refractivity contribution in [1.82, 2.24) is 4.98 Å². The predicted molar refractivity (Wildman–Crippen MR) is 68.7 cm³/mol. The Hall–Kier alpha value is -2.11. The molecule has 0 aliphatic heterocycles. The number of nitro benzene ring substituents is 1. The van der Waals surface area contributed by atoms with Gasteiger partial charge < -0.3 is 9.73 Å². The van der Waals surface area contributed by atoms with Crippen molar-refractivity contribution in [1.29, 1.82) is 0 Å². The Balaban J connectivity index is 2.35. The molecule has 6 nitrogen and oxygen atoms in total. The molecule has 18 heavy (non-hydrogen) atoms. The maximum absolute atomic E-state index is 10.7. The SMILES string of the molecule is CCC(C)(C)Nc1nc2cc([N+](=O)[O-])ccc2o1. The largest absolute Gasteiger partial charge is 0.424 e. The highest BCUT2D eigenvalue weighted by atomic mass is 16.6. The maximum atomic E-state index is 10.7. The number of aromatic nitrogens is 1. The maximum Gasteiger partial charge on any atom is 0.296 e. The summed E-state index contributed by atoms with van der Waals surface area (Å²) in [6.07, 6.45) is 0.909. The van der Waals surface area contributed by atoms with E-state index in [9.17, 15) is 10.1 Å². The van der Waals surface area contributed by atoms with Gasteiger partial charge in [0.1, 0.15) is 5.52 Å². The van der Waals surface area contributed by atoms with Crippen LogP contribution in [0.3, 0.4) is 0 Å². The van der Waals surface area contributed by atoms with Gasteiger partial charge in [0.05, 0.1) is 4.92 Å². The van der Waals surface area contributed by atoms with Crippen LogP contribution in [-0.2, 0) is 0 Å². The second-order valence-corrected chi connectivity index (χ2v) is 4.79. The number of benzene rings is 1. The number of non-ortho nitro benzene ring substituents is 1. The molecule has 0 aliphatic carbocycles. The zero-order valence-corrected chi connectivity index (χ0v) is 10.6. The lowest BCUT2D eigenvalue weighted by Gasteiger charge is -2.22. The minimum atomic E-state index is -0.447. The van der Waals surface area contributed by atoms with Crippen molar-refractivity contribution in [3.05, 3.63) is 28.3 Å². The summed E-state index contributed by atoms with van der Waals surface area (Å²) < 4.78 is 5.50. The Bertz CT molecular complexity index is 589. The summed E-state index contributed by atoms with van der Waals surface area (Å²) in [4.78, 5) is 14.4. The molecule has 1 heterocycles. The molecule has 0 saturated heterocycles. The Morgan fingerprint density at radius 2 is 2.22 bits per heavy atom. The number of rotatable bonds is 4. The Kier molecular flexibility index (Phi) is 2.94. The first-order chi connectivity index (χ1) is 8.41. The molecule has 0 unspecified atom stereocenters. The van der Waals surface area contributed by atoms with E-state index in [1.165, 1.54) is 12.1 Å². The third-order valence-corrected chi connectivity index (χ3v) is 2.91. The van der Waals surface area contributed by atoms with Crippen molar-refractivity contribution in [2.75, 3.05) is 5.32 Å². The number of anilines is 1. The number of nitro groups is 1.